The van der Waals surface area contributed by atoms with E-state index in [-0.39, 0.29) is 23.8 Å². The Hall–Kier alpha value is -2.08. The number of ether oxygens (including phenoxy) is 1. The van der Waals surface area contributed by atoms with E-state index in [0.717, 1.165) is 5.75 Å². The molecule has 0 spiro atoms. The van der Waals surface area contributed by atoms with E-state index in [1.807, 2.05) is 27.7 Å². The Morgan fingerprint density at radius 2 is 1.82 bits per heavy atom. The smallest absolute Gasteiger partial charge is 0.243 e. The topological polar surface area (TPSA) is 93.5 Å². The van der Waals surface area contributed by atoms with Crippen molar-refractivity contribution in [3.63, 3.8) is 0 Å². The van der Waals surface area contributed by atoms with Crippen molar-refractivity contribution < 1.29 is 14.3 Å². The molecule has 0 saturated heterocycles. The number of hydrogen-bond donors (Lipinski definition) is 3. The van der Waals surface area contributed by atoms with E-state index in [1.165, 1.54) is 0 Å². The Morgan fingerprint density at radius 1 is 1.23 bits per heavy atom. The lowest BCUT2D eigenvalue weighted by molar-refractivity contribution is -0.126. The summed E-state index contributed by atoms with van der Waals surface area (Å²) in [6.07, 6.45) is 0. The average Bonchev–Trinajstić information content (AvgIpc) is 2.45. The second-order valence-electron chi connectivity index (χ2n) is 6.07. The number of carbonyl (C=O) groups excluding carboxylic acids is 2. The number of nitrogens with one attached hydrogen (secondary N) is 2. The van der Waals surface area contributed by atoms with Crippen LogP contribution >= 0.6 is 0 Å². The lowest BCUT2D eigenvalue weighted by Crippen LogP contribution is -2.50. The molecule has 122 valence electrons. The molecule has 4 N–H and O–H groups in total. The predicted octanol–water partition coefficient (Wildman–Crippen LogP) is 1.51. The first-order chi connectivity index (χ1) is 10.2. The Morgan fingerprint density at radius 3 is 2.32 bits per heavy atom. The molecule has 1 rings (SSSR count). The Bertz CT molecular complexity index is 506. The zero-order chi connectivity index (χ0) is 16.8. The van der Waals surface area contributed by atoms with Gasteiger partial charge in [-0.25, -0.2) is 0 Å². The zero-order valence-electron chi connectivity index (χ0n) is 13.6. The van der Waals surface area contributed by atoms with Gasteiger partial charge in [-0.15, -0.1) is 0 Å². The number of anilines is 1. The Balaban J connectivity index is 2.45. The minimum Gasteiger partial charge on any atom is -0.494 e. The zero-order valence-corrected chi connectivity index (χ0v) is 13.6. The van der Waals surface area contributed by atoms with Crippen molar-refractivity contribution in [2.45, 2.75) is 33.7 Å². The van der Waals surface area contributed by atoms with Crippen LogP contribution in [0.2, 0.25) is 0 Å². The summed E-state index contributed by atoms with van der Waals surface area (Å²) >= 11 is 0. The maximum absolute atomic E-state index is 11.8. The fourth-order valence-corrected chi connectivity index (χ4v) is 1.68. The molecule has 0 fully saturated rings. The molecule has 2 amide bonds. The van der Waals surface area contributed by atoms with Gasteiger partial charge in [0.2, 0.25) is 11.8 Å². The molecular weight excluding hydrogens is 282 g/mol. The molecule has 22 heavy (non-hydrogen) atoms. The maximum Gasteiger partial charge on any atom is 0.243 e. The van der Waals surface area contributed by atoms with Crippen LogP contribution < -0.4 is 21.1 Å². The second kappa shape index (κ2) is 7.79. The molecule has 6 heteroatoms. The van der Waals surface area contributed by atoms with E-state index < -0.39 is 6.04 Å². The first kappa shape index (κ1) is 18.0. The second-order valence-corrected chi connectivity index (χ2v) is 6.07. The van der Waals surface area contributed by atoms with Gasteiger partial charge in [0.1, 0.15) is 5.75 Å². The largest absolute Gasteiger partial charge is 0.494 e. The highest BCUT2D eigenvalue weighted by molar-refractivity contribution is 5.95. The summed E-state index contributed by atoms with van der Waals surface area (Å²) < 4.78 is 5.32. The van der Waals surface area contributed by atoms with Crippen LogP contribution in [0, 0.1) is 5.41 Å². The van der Waals surface area contributed by atoms with Crippen LogP contribution in [0.5, 0.6) is 5.75 Å². The molecule has 1 atom stereocenters. The summed E-state index contributed by atoms with van der Waals surface area (Å²) in [6, 6.07) is 6.36. The summed E-state index contributed by atoms with van der Waals surface area (Å²) in [5, 5.41) is 5.23. The van der Waals surface area contributed by atoms with Crippen molar-refractivity contribution in [1.82, 2.24) is 5.32 Å². The van der Waals surface area contributed by atoms with Gasteiger partial charge in [0.15, 0.2) is 0 Å². The van der Waals surface area contributed by atoms with Gasteiger partial charge in [0, 0.05) is 5.69 Å². The first-order valence-electron chi connectivity index (χ1n) is 7.30. The highest BCUT2D eigenvalue weighted by Crippen LogP contribution is 2.17. The maximum atomic E-state index is 11.8. The van der Waals surface area contributed by atoms with Crippen LogP contribution in [0.4, 0.5) is 5.69 Å². The van der Waals surface area contributed by atoms with Crippen LogP contribution in [0.25, 0.3) is 0 Å². The van der Waals surface area contributed by atoms with Gasteiger partial charge in [0.05, 0.1) is 19.2 Å². The standard InChI is InChI=1S/C16H25N3O3/c1-5-22-12-8-6-11(7-9-12)19-13(20)10-18-15(21)14(17)16(2,3)4/h6-9,14H,5,10,17H2,1-4H3,(H,18,21)(H,19,20)/t14-/m1/s1. The molecule has 0 aliphatic rings. The number of amides is 2. The third-order valence-corrected chi connectivity index (χ3v) is 3.09. The molecule has 1 aromatic carbocycles. The van der Waals surface area contributed by atoms with E-state index in [1.54, 1.807) is 24.3 Å². The molecule has 0 bridgehead atoms. The van der Waals surface area contributed by atoms with Crippen molar-refractivity contribution in [2.75, 3.05) is 18.5 Å². The van der Waals surface area contributed by atoms with Crippen LogP contribution in [-0.4, -0.2) is 31.0 Å². The van der Waals surface area contributed by atoms with E-state index in [9.17, 15) is 9.59 Å². The summed E-state index contributed by atoms with van der Waals surface area (Å²) in [6.45, 7) is 7.99. The van der Waals surface area contributed by atoms with Gasteiger partial charge in [-0.1, -0.05) is 20.8 Å². The molecule has 0 saturated carbocycles. The van der Waals surface area contributed by atoms with Gasteiger partial charge in [0.25, 0.3) is 0 Å². The Labute approximate surface area is 131 Å². The molecule has 0 aliphatic carbocycles. The van der Waals surface area contributed by atoms with E-state index >= 15 is 0 Å². The minimum atomic E-state index is -0.661. The highest BCUT2D eigenvalue weighted by Gasteiger charge is 2.27. The fraction of sp³-hybridized carbons (Fsp3) is 0.500. The summed E-state index contributed by atoms with van der Waals surface area (Å²) in [4.78, 5) is 23.6. The quantitative estimate of drug-likeness (QED) is 0.742. The van der Waals surface area contributed by atoms with Crippen LogP contribution in [-0.2, 0) is 9.59 Å². The lowest BCUT2D eigenvalue weighted by atomic mass is 9.87. The fourth-order valence-electron chi connectivity index (χ4n) is 1.68. The third kappa shape index (κ3) is 5.73. The van der Waals surface area contributed by atoms with Crippen molar-refractivity contribution >= 4 is 17.5 Å². The molecular formula is C16H25N3O3. The van der Waals surface area contributed by atoms with Crippen molar-refractivity contribution in [1.29, 1.82) is 0 Å². The highest BCUT2D eigenvalue weighted by atomic mass is 16.5. The minimum absolute atomic E-state index is 0.115. The van der Waals surface area contributed by atoms with Gasteiger partial charge >= 0.3 is 0 Å². The van der Waals surface area contributed by atoms with Gasteiger partial charge in [-0.2, -0.15) is 0 Å². The van der Waals surface area contributed by atoms with E-state index in [4.69, 9.17) is 10.5 Å². The van der Waals surface area contributed by atoms with E-state index in [0.29, 0.717) is 12.3 Å². The molecule has 6 nitrogen and oxygen atoms in total. The van der Waals surface area contributed by atoms with Crippen LogP contribution in [0.3, 0.4) is 0 Å². The summed E-state index contributed by atoms with van der Waals surface area (Å²) in [5.41, 5.74) is 6.11. The van der Waals surface area contributed by atoms with Crippen molar-refractivity contribution in [2.24, 2.45) is 11.1 Å². The predicted molar refractivity (Wildman–Crippen MR) is 86.7 cm³/mol. The molecule has 0 heterocycles. The molecule has 0 radical (unpaired) electrons. The van der Waals surface area contributed by atoms with Gasteiger partial charge in [-0.05, 0) is 36.6 Å². The number of hydrogen-bond acceptors (Lipinski definition) is 4. The number of rotatable bonds is 6. The molecule has 0 aromatic heterocycles. The third-order valence-electron chi connectivity index (χ3n) is 3.09. The van der Waals surface area contributed by atoms with Crippen molar-refractivity contribution in [3.05, 3.63) is 24.3 Å². The number of carbonyl (C=O) groups is 2. The number of benzene rings is 1. The van der Waals surface area contributed by atoms with Crippen LogP contribution in [0.1, 0.15) is 27.7 Å². The van der Waals surface area contributed by atoms with Gasteiger partial charge in [-0.3, -0.25) is 9.59 Å². The van der Waals surface area contributed by atoms with Crippen LogP contribution in [0.15, 0.2) is 24.3 Å². The normalized spacial score (nSPS) is 12.4. The SMILES string of the molecule is CCOc1ccc(NC(=O)CNC(=O)[C@@H](N)C(C)(C)C)cc1. The molecule has 1 aromatic rings. The summed E-state index contributed by atoms with van der Waals surface area (Å²) in [7, 11) is 0. The molecule has 0 aliphatic heterocycles. The first-order valence-corrected chi connectivity index (χ1v) is 7.30. The van der Waals surface area contributed by atoms with E-state index in [2.05, 4.69) is 10.6 Å². The Kier molecular flexibility index (Phi) is 6.37. The molecule has 0 unspecified atom stereocenters. The average molecular weight is 307 g/mol. The summed E-state index contributed by atoms with van der Waals surface area (Å²) in [5.74, 6) is 0.0953. The van der Waals surface area contributed by atoms with Crippen molar-refractivity contribution in [3.8, 4) is 5.75 Å². The monoisotopic (exact) mass is 307 g/mol. The number of nitrogens with two attached hydrogens (primary N) is 1. The lowest BCUT2D eigenvalue weighted by Gasteiger charge is -2.25. The van der Waals surface area contributed by atoms with Gasteiger partial charge < -0.3 is 21.1 Å².